The molecular weight excluding hydrogens is 244 g/mol. The molecule has 1 saturated heterocycles. The van der Waals surface area contributed by atoms with Crippen molar-refractivity contribution in [2.24, 2.45) is 0 Å². The molecule has 19 heavy (non-hydrogen) atoms. The van der Waals surface area contributed by atoms with Gasteiger partial charge in [-0.3, -0.25) is 4.79 Å². The Bertz CT molecular complexity index is 468. The number of benzene rings is 1. The Morgan fingerprint density at radius 2 is 2.37 bits per heavy atom. The number of nitrogens with one attached hydrogen (secondary N) is 1. The highest BCUT2D eigenvalue weighted by Crippen LogP contribution is 2.25. The van der Waals surface area contributed by atoms with E-state index in [4.69, 9.17) is 15.2 Å². The second kappa shape index (κ2) is 5.48. The van der Waals surface area contributed by atoms with Gasteiger partial charge in [-0.1, -0.05) is 0 Å². The van der Waals surface area contributed by atoms with Crippen molar-refractivity contribution in [3.05, 3.63) is 23.8 Å². The number of nitrogens with two attached hydrogens (primary N) is 1. The van der Waals surface area contributed by atoms with Gasteiger partial charge in [0.05, 0.1) is 18.3 Å². The molecule has 0 saturated carbocycles. The predicted molar refractivity (Wildman–Crippen MR) is 73.3 cm³/mol. The van der Waals surface area contributed by atoms with Crippen LogP contribution in [0.25, 0.3) is 0 Å². The number of methoxy groups -OCH3 is 1. The number of carbonyl (C=O) groups excluding carboxylic acids is 1. The fourth-order valence-electron chi connectivity index (χ4n) is 2.24. The topological polar surface area (TPSA) is 73.6 Å². The highest BCUT2D eigenvalue weighted by atomic mass is 16.5. The minimum atomic E-state index is -0.261. The molecule has 5 heteroatoms. The van der Waals surface area contributed by atoms with Gasteiger partial charge in [-0.25, -0.2) is 0 Å². The lowest BCUT2D eigenvalue weighted by Gasteiger charge is -2.23. The van der Waals surface area contributed by atoms with Gasteiger partial charge in [0.15, 0.2) is 0 Å². The minimum absolute atomic E-state index is 0.194. The number of rotatable bonds is 4. The van der Waals surface area contributed by atoms with Gasteiger partial charge in [0.1, 0.15) is 5.75 Å². The summed E-state index contributed by atoms with van der Waals surface area (Å²) in [5, 5.41) is 2.88. The summed E-state index contributed by atoms with van der Waals surface area (Å²) in [6, 6.07) is 5.01. The summed E-state index contributed by atoms with van der Waals surface area (Å²) in [4.78, 5) is 12.2. The minimum Gasteiger partial charge on any atom is -0.496 e. The fourth-order valence-corrected chi connectivity index (χ4v) is 2.24. The monoisotopic (exact) mass is 264 g/mol. The Morgan fingerprint density at radius 3 is 3.00 bits per heavy atom. The van der Waals surface area contributed by atoms with E-state index in [-0.39, 0.29) is 11.5 Å². The van der Waals surface area contributed by atoms with Crippen LogP contribution in [-0.2, 0) is 4.74 Å². The van der Waals surface area contributed by atoms with Crippen LogP contribution in [0.4, 0.5) is 5.69 Å². The molecule has 0 bridgehead atoms. The summed E-state index contributed by atoms with van der Waals surface area (Å²) >= 11 is 0. The number of carbonyl (C=O) groups is 1. The third-order valence-corrected chi connectivity index (χ3v) is 3.39. The van der Waals surface area contributed by atoms with E-state index in [9.17, 15) is 4.79 Å². The van der Waals surface area contributed by atoms with Crippen LogP contribution < -0.4 is 15.8 Å². The van der Waals surface area contributed by atoms with Gasteiger partial charge in [-0.15, -0.1) is 0 Å². The average molecular weight is 264 g/mol. The zero-order valence-corrected chi connectivity index (χ0v) is 11.4. The molecule has 1 unspecified atom stereocenters. The van der Waals surface area contributed by atoms with Crippen molar-refractivity contribution in [1.29, 1.82) is 0 Å². The van der Waals surface area contributed by atoms with Crippen LogP contribution in [0.1, 0.15) is 30.1 Å². The molecule has 104 valence electrons. The molecule has 0 aliphatic carbocycles. The number of anilines is 1. The first-order valence-electron chi connectivity index (χ1n) is 6.40. The lowest BCUT2D eigenvalue weighted by Crippen LogP contribution is -2.40. The van der Waals surface area contributed by atoms with Crippen LogP contribution in [0.15, 0.2) is 18.2 Å². The van der Waals surface area contributed by atoms with Crippen molar-refractivity contribution in [2.45, 2.75) is 25.4 Å². The molecule has 1 atom stereocenters. The number of hydrogen-bond acceptors (Lipinski definition) is 4. The van der Waals surface area contributed by atoms with E-state index in [0.29, 0.717) is 23.5 Å². The van der Waals surface area contributed by atoms with Crippen molar-refractivity contribution >= 4 is 11.6 Å². The molecule has 0 radical (unpaired) electrons. The van der Waals surface area contributed by atoms with E-state index in [1.54, 1.807) is 18.2 Å². The van der Waals surface area contributed by atoms with E-state index < -0.39 is 0 Å². The molecule has 1 heterocycles. The Labute approximate surface area is 113 Å². The molecule has 0 aromatic heterocycles. The molecule has 5 nitrogen and oxygen atoms in total. The molecular formula is C14H20N2O3. The van der Waals surface area contributed by atoms with Gasteiger partial charge in [-0.2, -0.15) is 0 Å². The molecule has 1 fully saturated rings. The van der Waals surface area contributed by atoms with Crippen LogP contribution in [0.5, 0.6) is 5.75 Å². The summed E-state index contributed by atoms with van der Waals surface area (Å²) in [7, 11) is 1.53. The lowest BCUT2D eigenvalue weighted by atomic mass is 10.0. The molecule has 0 spiro atoms. The average Bonchev–Trinajstić information content (AvgIpc) is 2.83. The fraction of sp³-hybridized carbons (Fsp3) is 0.500. The van der Waals surface area contributed by atoms with E-state index in [0.717, 1.165) is 19.4 Å². The first kappa shape index (κ1) is 13.7. The summed E-state index contributed by atoms with van der Waals surface area (Å²) in [6.07, 6.45) is 2.00. The van der Waals surface area contributed by atoms with Gasteiger partial charge < -0.3 is 20.5 Å². The molecule has 1 aliphatic heterocycles. The lowest BCUT2D eigenvalue weighted by molar-refractivity contribution is 0.0205. The van der Waals surface area contributed by atoms with E-state index in [1.807, 2.05) is 6.92 Å². The maximum absolute atomic E-state index is 12.2. The highest BCUT2D eigenvalue weighted by molar-refractivity contribution is 5.97. The number of nitrogen functional groups attached to an aromatic ring is 1. The van der Waals surface area contributed by atoms with Crippen molar-refractivity contribution in [3.8, 4) is 5.75 Å². The summed E-state index contributed by atoms with van der Waals surface area (Å²) in [6.45, 7) is 3.26. The van der Waals surface area contributed by atoms with Crippen LogP contribution in [-0.4, -0.2) is 31.8 Å². The number of ether oxygens (including phenoxy) is 2. The maximum atomic E-state index is 12.2. The quantitative estimate of drug-likeness (QED) is 0.810. The smallest absolute Gasteiger partial charge is 0.255 e. The van der Waals surface area contributed by atoms with Gasteiger partial charge in [0, 0.05) is 18.8 Å². The Kier molecular flexibility index (Phi) is 3.95. The molecule has 1 aromatic rings. The Hall–Kier alpha value is -1.75. The highest BCUT2D eigenvalue weighted by Gasteiger charge is 2.30. The van der Waals surface area contributed by atoms with E-state index in [1.165, 1.54) is 7.11 Å². The van der Waals surface area contributed by atoms with E-state index >= 15 is 0 Å². The van der Waals surface area contributed by atoms with Gasteiger partial charge in [0.2, 0.25) is 0 Å². The zero-order chi connectivity index (χ0) is 13.9. The Balaban J connectivity index is 2.05. The van der Waals surface area contributed by atoms with Crippen LogP contribution in [0, 0.1) is 0 Å². The maximum Gasteiger partial charge on any atom is 0.255 e. The van der Waals surface area contributed by atoms with Crippen molar-refractivity contribution in [1.82, 2.24) is 5.32 Å². The summed E-state index contributed by atoms with van der Waals surface area (Å²) in [5.41, 5.74) is 6.43. The normalized spacial score (nSPS) is 22.2. The third kappa shape index (κ3) is 3.17. The standard InChI is InChI=1S/C14H20N2O3/c1-14(6-3-7-19-14)9-16-13(17)11-8-10(15)4-5-12(11)18-2/h4-5,8H,3,6-7,9,15H2,1-2H3,(H,16,17). The molecule has 1 aliphatic rings. The van der Waals surface area contributed by atoms with Crippen LogP contribution in [0.2, 0.25) is 0 Å². The second-order valence-electron chi connectivity index (χ2n) is 5.04. The van der Waals surface area contributed by atoms with Gasteiger partial charge in [0.25, 0.3) is 5.91 Å². The number of hydrogen-bond donors (Lipinski definition) is 2. The largest absolute Gasteiger partial charge is 0.496 e. The first-order chi connectivity index (χ1) is 9.04. The second-order valence-corrected chi connectivity index (χ2v) is 5.04. The van der Waals surface area contributed by atoms with Crippen molar-refractivity contribution < 1.29 is 14.3 Å². The van der Waals surface area contributed by atoms with Crippen molar-refractivity contribution in [2.75, 3.05) is 26.0 Å². The number of amides is 1. The molecule has 3 N–H and O–H groups in total. The Morgan fingerprint density at radius 1 is 1.58 bits per heavy atom. The van der Waals surface area contributed by atoms with Gasteiger partial charge in [-0.05, 0) is 38.0 Å². The van der Waals surface area contributed by atoms with Crippen LogP contribution in [0.3, 0.4) is 0 Å². The summed E-state index contributed by atoms with van der Waals surface area (Å²) in [5.74, 6) is 0.324. The zero-order valence-electron chi connectivity index (χ0n) is 11.4. The third-order valence-electron chi connectivity index (χ3n) is 3.39. The molecule has 2 rings (SSSR count). The van der Waals surface area contributed by atoms with Crippen LogP contribution >= 0.6 is 0 Å². The first-order valence-corrected chi connectivity index (χ1v) is 6.40. The molecule has 1 amide bonds. The van der Waals surface area contributed by atoms with Gasteiger partial charge >= 0.3 is 0 Å². The predicted octanol–water partition coefficient (Wildman–Crippen LogP) is 1.58. The SMILES string of the molecule is COc1ccc(N)cc1C(=O)NCC1(C)CCCO1. The van der Waals surface area contributed by atoms with E-state index in [2.05, 4.69) is 5.32 Å². The summed E-state index contributed by atoms with van der Waals surface area (Å²) < 4.78 is 10.8. The molecule has 1 aromatic carbocycles. The van der Waals surface area contributed by atoms with Crippen molar-refractivity contribution in [3.63, 3.8) is 0 Å².